The Bertz CT molecular complexity index is 7680. The van der Waals surface area contributed by atoms with E-state index in [-0.39, 0.29) is 11.4 Å². The van der Waals surface area contributed by atoms with Gasteiger partial charge in [0.15, 0.2) is 87.4 Å². The molecule has 0 aliphatic rings. The summed E-state index contributed by atoms with van der Waals surface area (Å²) in [7, 11) is 0. The number of halogens is 3. The summed E-state index contributed by atoms with van der Waals surface area (Å²) in [5.41, 5.74) is 13.9. The first-order valence-corrected chi connectivity index (χ1v) is 42.9. The zero-order valence-electron chi connectivity index (χ0n) is 70.0. The van der Waals surface area contributed by atoms with Gasteiger partial charge in [0.2, 0.25) is 0 Å². The van der Waals surface area contributed by atoms with Crippen LogP contribution in [0.3, 0.4) is 0 Å². The molecule has 622 valence electrons. The van der Waals surface area contributed by atoms with Crippen LogP contribution in [-0.2, 0) is 6.18 Å². The zero-order valence-corrected chi connectivity index (χ0v) is 70.0. The van der Waals surface area contributed by atoms with Crippen LogP contribution >= 0.6 is 0 Å². The van der Waals surface area contributed by atoms with Crippen molar-refractivity contribution in [3.05, 3.63) is 418 Å². The molecule has 0 atom stereocenters. The average Bonchev–Trinajstić information content (AvgIpc) is 1.56. The van der Waals surface area contributed by atoms with Gasteiger partial charge in [-0.25, -0.2) is 74.8 Å². The molecule has 7 heterocycles. The molecule has 0 unspecified atom stereocenters. The SMILES string of the molecule is FC(F)(F)c1ccc(-n2c3ccc(-c4nc(-c5ccccc5)nc(-c5ccccc5)n4)cc3c3cc(-c4nc(-c5ccccc5)nc(-c5ccccc5)n4)ccc32)c(-c2cc(-c3nc(-c4ccccc4)nc(-c4ccccc4)n3)ccc2-n2c3ccc(-c4nc(-c5ccccc5)nc(-c5ccccc5)n4)cc3c3cc(-c4nc(-c5ccccc5)nc(-c5ccccc5)n4)ccc32)c1. The van der Waals surface area contributed by atoms with Crippen molar-refractivity contribution in [2.45, 2.75) is 6.18 Å². The van der Waals surface area contributed by atoms with Crippen LogP contribution in [0, 0.1) is 0 Å². The molecule has 23 aromatic rings. The largest absolute Gasteiger partial charge is 0.416 e. The summed E-state index contributed by atoms with van der Waals surface area (Å²) >= 11 is 0. The highest BCUT2D eigenvalue weighted by Crippen LogP contribution is 2.48. The molecular formula is C112H68F3N17. The van der Waals surface area contributed by atoms with Crippen LogP contribution in [0.15, 0.2) is 413 Å². The number of rotatable bonds is 18. The summed E-state index contributed by atoms with van der Waals surface area (Å²) in [5, 5.41) is 2.86. The molecule has 0 saturated heterocycles. The minimum atomic E-state index is -4.88. The Morgan fingerprint density at radius 3 is 0.500 bits per heavy atom. The number of alkyl halides is 3. The predicted octanol–water partition coefficient (Wildman–Crippen LogP) is 26.5. The molecular weight excluding hydrogens is 1640 g/mol. The fourth-order valence-corrected chi connectivity index (χ4v) is 17.0. The van der Waals surface area contributed by atoms with Crippen molar-refractivity contribution in [2.24, 2.45) is 0 Å². The molecule has 7 aromatic heterocycles. The van der Waals surface area contributed by atoms with Crippen LogP contribution < -0.4 is 0 Å². The molecule has 0 bridgehead atoms. The molecule has 0 radical (unpaired) electrons. The van der Waals surface area contributed by atoms with E-state index in [0.29, 0.717) is 159 Å². The van der Waals surface area contributed by atoms with E-state index in [1.54, 1.807) is 6.07 Å². The average molecular weight is 1710 g/mol. The van der Waals surface area contributed by atoms with Crippen molar-refractivity contribution in [1.29, 1.82) is 0 Å². The van der Waals surface area contributed by atoms with E-state index in [0.717, 1.165) is 72.5 Å². The van der Waals surface area contributed by atoms with Gasteiger partial charge in [-0.3, -0.25) is 0 Å². The van der Waals surface area contributed by atoms with Crippen LogP contribution in [0.2, 0.25) is 0 Å². The first-order chi connectivity index (χ1) is 65.0. The minimum Gasteiger partial charge on any atom is -0.309 e. The summed E-state index contributed by atoms with van der Waals surface area (Å²) in [6.07, 6.45) is -4.88. The van der Waals surface area contributed by atoms with Crippen LogP contribution in [0.4, 0.5) is 13.2 Å². The Labute approximate surface area is 753 Å². The summed E-state index contributed by atoms with van der Waals surface area (Å²) in [6.45, 7) is 0. The van der Waals surface area contributed by atoms with Crippen molar-refractivity contribution in [1.82, 2.24) is 83.9 Å². The van der Waals surface area contributed by atoms with Crippen LogP contribution in [0.5, 0.6) is 0 Å². The number of hydrogen-bond acceptors (Lipinski definition) is 15. The first kappa shape index (κ1) is 78.7. The highest BCUT2D eigenvalue weighted by atomic mass is 19.4. The normalized spacial score (nSPS) is 11.6. The van der Waals surface area contributed by atoms with Crippen LogP contribution in [0.1, 0.15) is 5.56 Å². The minimum absolute atomic E-state index is 0.187. The van der Waals surface area contributed by atoms with Gasteiger partial charge in [-0.15, -0.1) is 0 Å². The van der Waals surface area contributed by atoms with E-state index in [1.165, 1.54) is 6.07 Å². The lowest BCUT2D eigenvalue weighted by molar-refractivity contribution is -0.137. The fraction of sp³-hybridized carbons (Fsp3) is 0.00893. The number of nitrogens with zero attached hydrogens (tertiary/aromatic N) is 17. The Hall–Kier alpha value is -18.0. The van der Waals surface area contributed by atoms with Gasteiger partial charge in [0.1, 0.15) is 0 Å². The van der Waals surface area contributed by atoms with Gasteiger partial charge >= 0.3 is 6.18 Å². The second-order valence-corrected chi connectivity index (χ2v) is 31.8. The molecule has 0 saturated carbocycles. The van der Waals surface area contributed by atoms with E-state index in [4.69, 9.17) is 74.8 Å². The van der Waals surface area contributed by atoms with Crippen molar-refractivity contribution in [3.63, 3.8) is 0 Å². The third-order valence-corrected chi connectivity index (χ3v) is 23.4. The predicted molar refractivity (Wildman–Crippen MR) is 514 cm³/mol. The van der Waals surface area contributed by atoms with Crippen LogP contribution in [0.25, 0.3) is 237 Å². The van der Waals surface area contributed by atoms with Gasteiger partial charge in [0, 0.05) is 116 Å². The van der Waals surface area contributed by atoms with E-state index in [9.17, 15) is 0 Å². The quantitative estimate of drug-likeness (QED) is 0.0784. The highest BCUT2D eigenvalue weighted by Gasteiger charge is 2.34. The maximum atomic E-state index is 16.7. The Kier molecular flexibility index (Phi) is 19.9. The molecule has 20 heteroatoms. The lowest BCUT2D eigenvalue weighted by Gasteiger charge is -2.21. The molecule has 17 nitrogen and oxygen atoms in total. The molecule has 0 amide bonds. The van der Waals surface area contributed by atoms with Gasteiger partial charge < -0.3 is 9.13 Å². The van der Waals surface area contributed by atoms with E-state index in [2.05, 4.69) is 16.7 Å². The number of benzene rings is 16. The van der Waals surface area contributed by atoms with Gasteiger partial charge in [0.05, 0.1) is 39.0 Å². The van der Waals surface area contributed by atoms with Crippen molar-refractivity contribution >= 4 is 43.6 Å². The van der Waals surface area contributed by atoms with Gasteiger partial charge in [-0.05, 0) is 109 Å². The van der Waals surface area contributed by atoms with Gasteiger partial charge in [-0.1, -0.05) is 303 Å². The number of hydrogen-bond donors (Lipinski definition) is 0. The molecule has 0 aliphatic heterocycles. The van der Waals surface area contributed by atoms with E-state index < -0.39 is 11.7 Å². The second kappa shape index (κ2) is 33.4. The Morgan fingerprint density at radius 2 is 0.311 bits per heavy atom. The van der Waals surface area contributed by atoms with E-state index >= 15 is 13.2 Å². The monoisotopic (exact) mass is 1710 g/mol. The molecule has 0 N–H and O–H groups in total. The number of fused-ring (bicyclic) bond motifs is 6. The Morgan fingerprint density at radius 1 is 0.152 bits per heavy atom. The van der Waals surface area contributed by atoms with Gasteiger partial charge in [0.25, 0.3) is 0 Å². The molecule has 0 spiro atoms. The summed E-state index contributed by atoms with van der Waals surface area (Å²) in [6, 6.07) is 132. The third kappa shape index (κ3) is 15.1. The zero-order chi connectivity index (χ0) is 88.2. The third-order valence-electron chi connectivity index (χ3n) is 23.4. The fourth-order valence-electron chi connectivity index (χ4n) is 17.0. The van der Waals surface area contributed by atoms with Gasteiger partial charge in [-0.2, -0.15) is 13.2 Å². The lowest BCUT2D eigenvalue weighted by Crippen LogP contribution is -2.08. The van der Waals surface area contributed by atoms with Crippen molar-refractivity contribution in [3.8, 4) is 193 Å². The van der Waals surface area contributed by atoms with Crippen molar-refractivity contribution in [2.75, 3.05) is 0 Å². The lowest BCUT2D eigenvalue weighted by atomic mass is 9.96. The van der Waals surface area contributed by atoms with Crippen LogP contribution in [-0.4, -0.2) is 83.9 Å². The number of aromatic nitrogens is 17. The molecule has 23 rings (SSSR count). The molecule has 0 fully saturated rings. The summed E-state index contributed by atoms with van der Waals surface area (Å²) < 4.78 is 54.3. The molecule has 0 aliphatic carbocycles. The maximum absolute atomic E-state index is 16.7. The first-order valence-electron chi connectivity index (χ1n) is 42.9. The topological polar surface area (TPSA) is 203 Å². The molecule has 132 heavy (non-hydrogen) atoms. The standard InChI is InChI=1S/C112H68F3N17/c113-112(114,115)84-56-62-96(132-93-59-53-81(109-125-101(73-39-19-5-20-40-73)118-102(126-109)74-41-21-6-22-42-74)65-87(93)88-66-82(54-60-94(88)132)110-127-103(75-43-23-7-24-44-75)119-104(128-110)76-45-25-8-26-46-76)90(68-84)89-67-83(111-129-105(77-47-27-9-28-48-77)120-106(130-111)78-49-29-10-30-50-78)55-61-95(89)131-91-57-51-79(107-121-97(69-31-11-1-12-32-69)116-98(122-107)70-33-13-2-14-34-70)63-85(91)86-64-80(52-58-92(86)131)108-123-99(71-35-15-3-16-36-71)117-100(124-108)72-37-17-4-18-38-72/h1-68H. The molecule has 16 aromatic carbocycles. The van der Waals surface area contributed by atoms with Crippen molar-refractivity contribution < 1.29 is 13.2 Å². The Balaban J connectivity index is 0.810. The summed E-state index contributed by atoms with van der Waals surface area (Å²) in [5.74, 6) is 6.28. The maximum Gasteiger partial charge on any atom is 0.416 e. The second-order valence-electron chi connectivity index (χ2n) is 31.8. The smallest absolute Gasteiger partial charge is 0.309 e. The van der Waals surface area contributed by atoms with E-state index in [1.807, 2.05) is 387 Å². The summed E-state index contributed by atoms with van der Waals surface area (Å²) in [4.78, 5) is 78.0. The highest BCUT2D eigenvalue weighted by molar-refractivity contribution is 6.14.